The van der Waals surface area contributed by atoms with Crippen molar-refractivity contribution in [2.24, 2.45) is 5.41 Å². The van der Waals surface area contributed by atoms with Gasteiger partial charge in [0, 0.05) is 13.0 Å². The van der Waals surface area contributed by atoms with Crippen LogP contribution in [0.2, 0.25) is 0 Å². The average molecular weight is 385 g/mol. The molecular weight excluding hydrogens is 366 g/mol. The first-order valence-electron chi connectivity index (χ1n) is 8.54. The van der Waals surface area contributed by atoms with Gasteiger partial charge >= 0.3 is 0 Å². The molecule has 2 aromatic rings. The number of sulfone groups is 1. The third kappa shape index (κ3) is 2.68. The molecule has 0 bridgehead atoms. The molecule has 4 rings (SSSR count). The summed E-state index contributed by atoms with van der Waals surface area (Å²) in [5, 5.41) is 9.01. The molecule has 1 aliphatic carbocycles. The molecule has 1 aliphatic heterocycles. The smallest absolute Gasteiger partial charge is 0.231 e. The van der Waals surface area contributed by atoms with Crippen LogP contribution in [0.1, 0.15) is 17.0 Å². The van der Waals surface area contributed by atoms with E-state index in [-0.39, 0.29) is 18.3 Å². The van der Waals surface area contributed by atoms with Crippen LogP contribution in [0.5, 0.6) is 11.5 Å². The number of benzene rings is 2. The number of rotatable bonds is 5. The van der Waals surface area contributed by atoms with Crippen molar-refractivity contribution in [3.05, 3.63) is 53.6 Å². The van der Waals surface area contributed by atoms with Gasteiger partial charge in [0.2, 0.25) is 6.79 Å². The number of hydrogen-bond donors (Lipinski definition) is 0. The van der Waals surface area contributed by atoms with E-state index in [9.17, 15) is 13.7 Å². The minimum Gasteiger partial charge on any atom is -0.454 e. The molecular formula is C20H19NO5S. The summed E-state index contributed by atoms with van der Waals surface area (Å²) in [5.74, 6) is 0.685. The van der Waals surface area contributed by atoms with Gasteiger partial charge in [-0.3, -0.25) is 0 Å². The molecule has 7 heteroatoms. The standard InChI is InChI=1S/C20H19NO5S/c1-13-3-6-15(7-4-13)27(22,23)19-18(20(19,10-21)11-24-2)14-5-8-16-17(9-14)26-12-25-16/h3-9,18-19H,11-12H2,1-2H3. The van der Waals surface area contributed by atoms with Gasteiger partial charge in [-0.2, -0.15) is 5.26 Å². The van der Waals surface area contributed by atoms with Gasteiger partial charge in [-0.05, 0) is 36.8 Å². The molecule has 6 nitrogen and oxygen atoms in total. The quantitative estimate of drug-likeness (QED) is 0.787. The SMILES string of the molecule is COCC1(C#N)C(c2ccc3c(c2)OCO3)C1S(=O)(=O)c1ccc(C)cc1. The normalized spacial score (nSPS) is 25.8. The highest BCUT2D eigenvalue weighted by Crippen LogP contribution is 2.64. The first-order chi connectivity index (χ1) is 12.9. The topological polar surface area (TPSA) is 85.6 Å². The molecule has 0 saturated heterocycles. The van der Waals surface area contributed by atoms with Crippen LogP contribution in [0.4, 0.5) is 0 Å². The Morgan fingerprint density at radius 1 is 1.19 bits per heavy atom. The summed E-state index contributed by atoms with van der Waals surface area (Å²) >= 11 is 0. The van der Waals surface area contributed by atoms with Crippen molar-refractivity contribution in [3.63, 3.8) is 0 Å². The van der Waals surface area contributed by atoms with E-state index in [0.717, 1.165) is 11.1 Å². The summed E-state index contributed by atoms with van der Waals surface area (Å²) in [4.78, 5) is 0.220. The number of aryl methyl sites for hydroxylation is 1. The van der Waals surface area contributed by atoms with Crippen molar-refractivity contribution in [1.82, 2.24) is 0 Å². The highest BCUT2D eigenvalue weighted by atomic mass is 32.2. The molecule has 3 atom stereocenters. The lowest BCUT2D eigenvalue weighted by Gasteiger charge is -2.08. The van der Waals surface area contributed by atoms with Crippen LogP contribution in [-0.4, -0.2) is 34.2 Å². The van der Waals surface area contributed by atoms with E-state index in [1.165, 1.54) is 7.11 Å². The number of ether oxygens (including phenoxy) is 3. The fourth-order valence-corrected chi connectivity index (χ4v) is 6.20. The van der Waals surface area contributed by atoms with Crippen LogP contribution in [0.3, 0.4) is 0 Å². The molecule has 2 aliphatic rings. The van der Waals surface area contributed by atoms with Crippen molar-refractivity contribution in [2.45, 2.75) is 23.0 Å². The number of methoxy groups -OCH3 is 1. The lowest BCUT2D eigenvalue weighted by molar-refractivity contribution is 0.162. The Morgan fingerprint density at radius 3 is 2.56 bits per heavy atom. The van der Waals surface area contributed by atoms with Crippen LogP contribution in [-0.2, 0) is 14.6 Å². The minimum atomic E-state index is -3.71. The monoisotopic (exact) mass is 385 g/mol. The highest BCUT2D eigenvalue weighted by molar-refractivity contribution is 7.92. The van der Waals surface area contributed by atoms with Gasteiger partial charge < -0.3 is 14.2 Å². The van der Waals surface area contributed by atoms with Crippen LogP contribution in [0, 0.1) is 23.7 Å². The number of fused-ring (bicyclic) bond motifs is 1. The van der Waals surface area contributed by atoms with E-state index in [1.54, 1.807) is 42.5 Å². The largest absolute Gasteiger partial charge is 0.454 e. The summed E-state index contributed by atoms with van der Waals surface area (Å²) in [6.45, 7) is 2.07. The van der Waals surface area contributed by atoms with Gasteiger partial charge in [-0.25, -0.2) is 8.42 Å². The van der Waals surface area contributed by atoms with Crippen molar-refractivity contribution in [2.75, 3.05) is 20.5 Å². The molecule has 0 radical (unpaired) electrons. The van der Waals surface area contributed by atoms with Gasteiger partial charge in [-0.1, -0.05) is 23.8 Å². The van der Waals surface area contributed by atoms with E-state index in [2.05, 4.69) is 6.07 Å². The Morgan fingerprint density at radius 2 is 1.89 bits per heavy atom. The predicted molar refractivity (Wildman–Crippen MR) is 97.4 cm³/mol. The number of hydrogen-bond acceptors (Lipinski definition) is 6. The summed E-state index contributed by atoms with van der Waals surface area (Å²) in [5.41, 5.74) is 0.575. The van der Waals surface area contributed by atoms with Crippen molar-refractivity contribution >= 4 is 9.84 Å². The average Bonchev–Trinajstić information content (AvgIpc) is 3.10. The number of nitrogens with zero attached hydrogens (tertiary/aromatic N) is 1. The zero-order valence-electron chi connectivity index (χ0n) is 15.0. The van der Waals surface area contributed by atoms with E-state index < -0.39 is 26.4 Å². The summed E-state index contributed by atoms with van der Waals surface area (Å²) < 4.78 is 42.6. The Labute approximate surface area is 158 Å². The summed E-state index contributed by atoms with van der Waals surface area (Å²) in [6, 6.07) is 14.2. The van der Waals surface area contributed by atoms with E-state index in [0.29, 0.717) is 11.5 Å². The van der Waals surface area contributed by atoms with Crippen LogP contribution in [0.25, 0.3) is 0 Å². The Balaban J connectivity index is 1.78. The fourth-order valence-electron chi connectivity index (χ4n) is 3.89. The minimum absolute atomic E-state index is 0.0400. The molecule has 0 spiro atoms. The van der Waals surface area contributed by atoms with Crippen LogP contribution in [0.15, 0.2) is 47.4 Å². The van der Waals surface area contributed by atoms with Crippen molar-refractivity contribution < 1.29 is 22.6 Å². The second-order valence-electron chi connectivity index (χ2n) is 6.95. The fraction of sp³-hybridized carbons (Fsp3) is 0.350. The molecule has 0 aromatic heterocycles. The molecule has 1 fully saturated rings. The third-order valence-corrected chi connectivity index (χ3v) is 7.58. The van der Waals surface area contributed by atoms with E-state index >= 15 is 0 Å². The summed E-state index contributed by atoms with van der Waals surface area (Å²) in [7, 11) is -2.23. The van der Waals surface area contributed by atoms with Crippen molar-refractivity contribution in [3.8, 4) is 17.6 Å². The second kappa shape index (κ2) is 6.25. The molecule has 27 heavy (non-hydrogen) atoms. The highest BCUT2D eigenvalue weighted by Gasteiger charge is 2.72. The van der Waals surface area contributed by atoms with Gasteiger partial charge in [0.25, 0.3) is 0 Å². The Bertz CT molecular complexity index is 1030. The molecule has 3 unspecified atom stereocenters. The first-order valence-corrected chi connectivity index (χ1v) is 10.1. The molecule has 1 saturated carbocycles. The van der Waals surface area contributed by atoms with Gasteiger partial charge in [0.05, 0.1) is 22.8 Å². The second-order valence-corrected chi connectivity index (χ2v) is 9.02. The maximum Gasteiger partial charge on any atom is 0.231 e. The summed E-state index contributed by atoms with van der Waals surface area (Å²) in [6.07, 6.45) is 0. The van der Waals surface area contributed by atoms with Crippen LogP contribution >= 0.6 is 0 Å². The first kappa shape index (κ1) is 17.8. The van der Waals surface area contributed by atoms with Gasteiger partial charge in [-0.15, -0.1) is 0 Å². The molecule has 1 heterocycles. The predicted octanol–water partition coefficient (Wildman–Crippen LogP) is 2.82. The van der Waals surface area contributed by atoms with Gasteiger partial charge in [0.1, 0.15) is 5.41 Å². The lowest BCUT2D eigenvalue weighted by atomic mass is 10.0. The molecule has 0 amide bonds. The Hall–Kier alpha value is -2.56. The zero-order chi connectivity index (χ0) is 19.2. The molecule has 2 aromatic carbocycles. The zero-order valence-corrected chi connectivity index (χ0v) is 15.8. The Kier molecular flexibility index (Phi) is 4.13. The third-order valence-electron chi connectivity index (χ3n) is 5.29. The number of nitriles is 1. The maximum atomic E-state index is 13.3. The lowest BCUT2D eigenvalue weighted by Crippen LogP contribution is -2.19. The molecule has 140 valence electrons. The van der Waals surface area contributed by atoms with E-state index in [4.69, 9.17) is 14.2 Å². The maximum absolute atomic E-state index is 13.3. The molecule has 0 N–H and O–H groups in total. The van der Waals surface area contributed by atoms with Gasteiger partial charge in [0.15, 0.2) is 21.3 Å². The van der Waals surface area contributed by atoms with Crippen molar-refractivity contribution in [1.29, 1.82) is 5.26 Å². The van der Waals surface area contributed by atoms with Crippen LogP contribution < -0.4 is 9.47 Å². The van der Waals surface area contributed by atoms with E-state index in [1.807, 2.05) is 6.92 Å².